The number of anilines is 1. The molecule has 0 saturated carbocycles. The first-order valence-corrected chi connectivity index (χ1v) is 4.04. The average Bonchev–Trinajstić information content (AvgIpc) is 2.72. The van der Waals surface area contributed by atoms with Crippen LogP contribution in [0.15, 0.2) is 11.4 Å². The molecule has 1 aromatic heterocycles. The van der Waals surface area contributed by atoms with Crippen molar-refractivity contribution in [3.05, 3.63) is 6.33 Å². The number of nitrogens with one attached hydrogen (secondary N) is 2. The normalized spacial score (nSPS) is 10.5. The lowest BCUT2D eigenvalue weighted by atomic mass is 10.4. The van der Waals surface area contributed by atoms with E-state index in [9.17, 15) is 4.79 Å². The zero-order valence-electron chi connectivity index (χ0n) is 7.89. The standard InChI is InChI=1S/C7H8N6O2/c1-2-15-6(14)5(3-8)11-13-7-9-4-10-12-7/h4H,2H2,1H3,(H2,9,10,12,13). The number of carbonyl (C=O) groups excluding carboxylic acids is 1. The molecule has 1 rings (SSSR count). The fourth-order valence-corrected chi connectivity index (χ4v) is 0.684. The Labute approximate surface area is 85.0 Å². The first kappa shape index (κ1) is 10.6. The zero-order chi connectivity index (χ0) is 11.1. The minimum absolute atomic E-state index is 0.182. The summed E-state index contributed by atoms with van der Waals surface area (Å²) >= 11 is 0. The Balaban J connectivity index is 2.63. The summed E-state index contributed by atoms with van der Waals surface area (Å²) in [5.41, 5.74) is 1.97. The van der Waals surface area contributed by atoms with Gasteiger partial charge in [-0.3, -0.25) is 0 Å². The molecule has 0 saturated heterocycles. The number of carbonyl (C=O) groups is 1. The SMILES string of the molecule is CCOC(=O)C(C#N)=NNc1ncn[nH]1. The molecule has 0 aliphatic heterocycles. The van der Waals surface area contributed by atoms with Gasteiger partial charge in [-0.1, -0.05) is 0 Å². The number of hydrogen-bond donors (Lipinski definition) is 2. The molecule has 8 nitrogen and oxygen atoms in total. The Kier molecular flexibility index (Phi) is 3.79. The van der Waals surface area contributed by atoms with Crippen LogP contribution < -0.4 is 5.43 Å². The lowest BCUT2D eigenvalue weighted by molar-refractivity contribution is -0.134. The highest BCUT2D eigenvalue weighted by atomic mass is 16.5. The molecule has 1 heterocycles. The first-order chi connectivity index (χ1) is 7.27. The molecular formula is C7H8N6O2. The van der Waals surface area contributed by atoms with Gasteiger partial charge in [0.2, 0.25) is 11.7 Å². The summed E-state index contributed by atoms with van der Waals surface area (Å²) in [7, 11) is 0. The number of rotatable bonds is 4. The Morgan fingerprint density at radius 1 is 1.87 bits per heavy atom. The van der Waals surface area contributed by atoms with E-state index in [0.717, 1.165) is 0 Å². The fraction of sp³-hybridized carbons (Fsp3) is 0.286. The van der Waals surface area contributed by atoms with Crippen LogP contribution in [0.4, 0.5) is 5.95 Å². The lowest BCUT2D eigenvalue weighted by Gasteiger charge is -1.98. The molecule has 0 aromatic carbocycles. The van der Waals surface area contributed by atoms with Crippen molar-refractivity contribution in [2.24, 2.45) is 5.10 Å². The largest absolute Gasteiger partial charge is 0.461 e. The number of nitrogens with zero attached hydrogens (tertiary/aromatic N) is 4. The minimum Gasteiger partial charge on any atom is -0.461 e. The van der Waals surface area contributed by atoms with Gasteiger partial charge in [0.1, 0.15) is 12.4 Å². The molecule has 0 radical (unpaired) electrons. The number of aromatic amines is 1. The van der Waals surface area contributed by atoms with Gasteiger partial charge in [-0.05, 0) is 6.92 Å². The van der Waals surface area contributed by atoms with Crippen LogP contribution in [0.1, 0.15) is 6.92 Å². The van der Waals surface area contributed by atoms with Gasteiger partial charge >= 0.3 is 5.97 Å². The van der Waals surface area contributed by atoms with Crippen molar-refractivity contribution < 1.29 is 9.53 Å². The maximum atomic E-state index is 11.1. The Hall–Kier alpha value is -2.43. The Morgan fingerprint density at radius 3 is 3.20 bits per heavy atom. The molecule has 78 valence electrons. The van der Waals surface area contributed by atoms with Crippen LogP contribution in [-0.4, -0.2) is 33.5 Å². The molecule has 1 aromatic rings. The first-order valence-electron chi connectivity index (χ1n) is 4.04. The predicted molar refractivity (Wildman–Crippen MR) is 49.7 cm³/mol. The molecule has 0 fully saturated rings. The van der Waals surface area contributed by atoms with Crippen molar-refractivity contribution in [1.29, 1.82) is 5.26 Å². The minimum atomic E-state index is -0.785. The third-order valence-corrected chi connectivity index (χ3v) is 1.26. The van der Waals surface area contributed by atoms with E-state index in [1.807, 2.05) is 0 Å². The number of hydrazone groups is 1. The molecule has 0 atom stereocenters. The molecule has 0 amide bonds. The highest BCUT2D eigenvalue weighted by Crippen LogP contribution is 1.92. The van der Waals surface area contributed by atoms with E-state index in [4.69, 9.17) is 5.26 Å². The lowest BCUT2D eigenvalue weighted by Crippen LogP contribution is -2.17. The Morgan fingerprint density at radius 2 is 2.67 bits per heavy atom. The van der Waals surface area contributed by atoms with Crippen LogP contribution in [0.25, 0.3) is 0 Å². The molecule has 0 unspecified atom stereocenters. The third-order valence-electron chi connectivity index (χ3n) is 1.26. The van der Waals surface area contributed by atoms with E-state index in [0.29, 0.717) is 0 Å². The van der Waals surface area contributed by atoms with Crippen molar-refractivity contribution in [1.82, 2.24) is 15.2 Å². The average molecular weight is 208 g/mol. The van der Waals surface area contributed by atoms with Crippen molar-refractivity contribution in [3.63, 3.8) is 0 Å². The van der Waals surface area contributed by atoms with Crippen molar-refractivity contribution in [3.8, 4) is 6.07 Å². The van der Waals surface area contributed by atoms with Crippen LogP contribution in [-0.2, 0) is 9.53 Å². The highest BCUT2D eigenvalue weighted by Gasteiger charge is 2.11. The molecular weight excluding hydrogens is 200 g/mol. The summed E-state index contributed by atoms with van der Waals surface area (Å²) in [6, 6.07) is 1.60. The summed E-state index contributed by atoms with van der Waals surface area (Å²) in [5.74, 6) is -0.556. The predicted octanol–water partition coefficient (Wildman–Crippen LogP) is -0.341. The van der Waals surface area contributed by atoms with E-state index in [2.05, 4.69) is 30.4 Å². The molecule has 0 bridgehead atoms. The van der Waals surface area contributed by atoms with Crippen molar-refractivity contribution in [2.45, 2.75) is 6.92 Å². The second kappa shape index (κ2) is 5.33. The van der Waals surface area contributed by atoms with E-state index in [-0.39, 0.29) is 18.3 Å². The van der Waals surface area contributed by atoms with Gasteiger partial charge in [0, 0.05) is 0 Å². The van der Waals surface area contributed by atoms with Gasteiger partial charge in [0.25, 0.3) is 0 Å². The second-order valence-corrected chi connectivity index (χ2v) is 2.24. The Bertz CT molecular complexity index is 390. The third kappa shape index (κ3) is 3.07. The maximum absolute atomic E-state index is 11.1. The number of hydrogen-bond acceptors (Lipinski definition) is 7. The number of H-pyrrole nitrogens is 1. The zero-order valence-corrected chi connectivity index (χ0v) is 7.89. The summed E-state index contributed by atoms with van der Waals surface area (Å²) < 4.78 is 4.59. The monoisotopic (exact) mass is 208 g/mol. The van der Waals surface area contributed by atoms with Gasteiger partial charge in [0.05, 0.1) is 6.61 Å². The molecule has 8 heteroatoms. The maximum Gasteiger partial charge on any atom is 0.369 e. The number of aromatic nitrogens is 3. The van der Waals surface area contributed by atoms with E-state index >= 15 is 0 Å². The number of nitriles is 1. The number of esters is 1. The summed E-state index contributed by atoms with van der Waals surface area (Å²) in [5, 5.41) is 18.1. The quantitative estimate of drug-likeness (QED) is 0.397. The van der Waals surface area contributed by atoms with Crippen LogP contribution in [0.5, 0.6) is 0 Å². The van der Waals surface area contributed by atoms with Gasteiger partial charge in [-0.25, -0.2) is 15.3 Å². The molecule has 0 aliphatic carbocycles. The van der Waals surface area contributed by atoms with Crippen LogP contribution in [0, 0.1) is 11.3 Å². The highest BCUT2D eigenvalue weighted by molar-refractivity contribution is 6.43. The van der Waals surface area contributed by atoms with Gasteiger partial charge in [-0.2, -0.15) is 20.4 Å². The van der Waals surface area contributed by atoms with Gasteiger partial charge in [0.15, 0.2) is 0 Å². The molecule has 15 heavy (non-hydrogen) atoms. The van der Waals surface area contributed by atoms with Crippen molar-refractivity contribution >= 4 is 17.6 Å². The van der Waals surface area contributed by atoms with Crippen LogP contribution in [0.3, 0.4) is 0 Å². The summed E-state index contributed by atoms with van der Waals surface area (Å²) in [4.78, 5) is 14.8. The van der Waals surface area contributed by atoms with Crippen LogP contribution in [0.2, 0.25) is 0 Å². The molecule has 0 spiro atoms. The smallest absolute Gasteiger partial charge is 0.369 e. The van der Waals surface area contributed by atoms with Crippen LogP contribution >= 0.6 is 0 Å². The van der Waals surface area contributed by atoms with E-state index < -0.39 is 5.97 Å². The molecule has 2 N–H and O–H groups in total. The van der Waals surface area contributed by atoms with Crippen molar-refractivity contribution in [2.75, 3.05) is 12.0 Å². The second-order valence-electron chi connectivity index (χ2n) is 2.24. The van der Waals surface area contributed by atoms with E-state index in [1.54, 1.807) is 13.0 Å². The molecule has 0 aliphatic rings. The van der Waals surface area contributed by atoms with Gasteiger partial charge < -0.3 is 4.74 Å². The topological polar surface area (TPSA) is 116 Å². The van der Waals surface area contributed by atoms with Gasteiger partial charge in [-0.15, -0.1) is 0 Å². The van der Waals surface area contributed by atoms with E-state index in [1.165, 1.54) is 6.33 Å². The summed E-state index contributed by atoms with van der Waals surface area (Å²) in [6.45, 7) is 1.82. The number of ether oxygens (including phenoxy) is 1. The summed E-state index contributed by atoms with van der Waals surface area (Å²) in [6.07, 6.45) is 1.26. The fourth-order valence-electron chi connectivity index (χ4n) is 0.684.